The summed E-state index contributed by atoms with van der Waals surface area (Å²) < 4.78 is 4.97. The lowest BCUT2D eigenvalue weighted by Crippen LogP contribution is -2.16. The molecule has 0 atom stereocenters. The van der Waals surface area contributed by atoms with Crippen LogP contribution in [0.1, 0.15) is 22.5 Å². The van der Waals surface area contributed by atoms with Crippen molar-refractivity contribution in [1.29, 1.82) is 0 Å². The molecule has 0 bridgehead atoms. The lowest BCUT2D eigenvalue weighted by atomic mass is 10.2. The second kappa shape index (κ2) is 8.45. The highest BCUT2D eigenvalue weighted by Crippen LogP contribution is 2.17. The maximum Gasteiger partial charge on any atom is 0.276 e. The maximum absolute atomic E-state index is 12.3. The van der Waals surface area contributed by atoms with Crippen molar-refractivity contribution >= 4 is 29.1 Å². The zero-order valence-electron chi connectivity index (χ0n) is 13.1. The first kappa shape index (κ1) is 17.2. The van der Waals surface area contributed by atoms with Crippen molar-refractivity contribution < 1.29 is 9.53 Å². The Morgan fingerprint density at radius 1 is 1.30 bits per heavy atom. The molecule has 1 heterocycles. The van der Waals surface area contributed by atoms with E-state index in [4.69, 9.17) is 16.3 Å². The monoisotopic (exact) mass is 334 g/mol. The number of amides is 1. The van der Waals surface area contributed by atoms with Gasteiger partial charge in [-0.25, -0.2) is 9.97 Å². The van der Waals surface area contributed by atoms with E-state index < -0.39 is 0 Å². The fourth-order valence-corrected chi connectivity index (χ4v) is 2.03. The minimum atomic E-state index is -0.374. The molecule has 122 valence electrons. The number of hydrogen-bond donors (Lipinski definition) is 2. The van der Waals surface area contributed by atoms with Crippen LogP contribution in [-0.4, -0.2) is 36.1 Å². The minimum absolute atomic E-state index is 0.136. The lowest BCUT2D eigenvalue weighted by Gasteiger charge is -2.09. The number of aromatic nitrogens is 2. The van der Waals surface area contributed by atoms with Gasteiger partial charge >= 0.3 is 0 Å². The Hall–Kier alpha value is -2.18. The standard InChI is InChI=1S/C16H19ClN4O2/c1-11-4-6-12(7-5-11)20-15(22)14-13(17)10-19-16(21-14)18-8-3-9-23-2/h4-7,10H,3,8-9H2,1-2H3,(H,20,22)(H,18,19,21). The van der Waals surface area contributed by atoms with E-state index in [0.717, 1.165) is 12.0 Å². The molecule has 0 spiro atoms. The third kappa shape index (κ3) is 5.19. The summed E-state index contributed by atoms with van der Waals surface area (Å²) in [6.07, 6.45) is 2.23. The number of carbonyl (C=O) groups is 1. The van der Waals surface area contributed by atoms with Crippen LogP contribution in [0.3, 0.4) is 0 Å². The van der Waals surface area contributed by atoms with Gasteiger partial charge in [0.25, 0.3) is 5.91 Å². The molecule has 7 heteroatoms. The fraction of sp³-hybridized carbons (Fsp3) is 0.312. The molecule has 6 nitrogen and oxygen atoms in total. The zero-order valence-corrected chi connectivity index (χ0v) is 13.9. The van der Waals surface area contributed by atoms with Gasteiger partial charge in [-0.1, -0.05) is 29.3 Å². The lowest BCUT2D eigenvalue weighted by molar-refractivity contribution is 0.102. The number of carbonyl (C=O) groups excluding carboxylic acids is 1. The second-order valence-corrected chi connectivity index (χ2v) is 5.39. The molecule has 0 aliphatic heterocycles. The minimum Gasteiger partial charge on any atom is -0.385 e. The number of rotatable bonds is 7. The predicted molar refractivity (Wildman–Crippen MR) is 91.2 cm³/mol. The van der Waals surface area contributed by atoms with Crippen LogP contribution in [0.15, 0.2) is 30.5 Å². The molecule has 2 aromatic rings. The highest BCUT2D eigenvalue weighted by Gasteiger charge is 2.14. The van der Waals surface area contributed by atoms with Crippen LogP contribution in [-0.2, 0) is 4.74 Å². The Labute approximate surface area is 140 Å². The van der Waals surface area contributed by atoms with E-state index in [2.05, 4.69) is 20.6 Å². The Balaban J connectivity index is 2.05. The first-order valence-corrected chi connectivity index (χ1v) is 7.61. The van der Waals surface area contributed by atoms with Crippen LogP contribution in [0.4, 0.5) is 11.6 Å². The summed E-state index contributed by atoms with van der Waals surface area (Å²) in [4.78, 5) is 20.6. The first-order chi connectivity index (χ1) is 11.1. The van der Waals surface area contributed by atoms with Crippen molar-refractivity contribution in [1.82, 2.24) is 9.97 Å². The molecule has 0 saturated carbocycles. The van der Waals surface area contributed by atoms with Gasteiger partial charge in [-0.05, 0) is 25.5 Å². The Bertz CT molecular complexity index is 662. The zero-order chi connectivity index (χ0) is 16.7. The molecule has 0 aliphatic carbocycles. The smallest absolute Gasteiger partial charge is 0.276 e. The molecule has 1 aromatic heterocycles. The van der Waals surface area contributed by atoms with Crippen molar-refractivity contribution in [3.05, 3.63) is 46.7 Å². The molecular weight excluding hydrogens is 316 g/mol. The SMILES string of the molecule is COCCCNc1ncc(Cl)c(C(=O)Nc2ccc(C)cc2)n1. The van der Waals surface area contributed by atoms with Crippen molar-refractivity contribution in [3.63, 3.8) is 0 Å². The van der Waals surface area contributed by atoms with Crippen molar-refractivity contribution in [3.8, 4) is 0 Å². The van der Waals surface area contributed by atoms with Gasteiger partial charge in [-0.3, -0.25) is 4.79 Å². The van der Waals surface area contributed by atoms with Crippen molar-refractivity contribution in [2.24, 2.45) is 0 Å². The Kier molecular flexibility index (Phi) is 6.31. The molecule has 2 N–H and O–H groups in total. The summed E-state index contributed by atoms with van der Waals surface area (Å²) in [6, 6.07) is 7.48. The van der Waals surface area contributed by atoms with Gasteiger partial charge in [0.1, 0.15) is 0 Å². The van der Waals surface area contributed by atoms with E-state index in [9.17, 15) is 4.79 Å². The van der Waals surface area contributed by atoms with Gasteiger partial charge in [0.2, 0.25) is 5.95 Å². The number of halogens is 1. The third-order valence-electron chi connectivity index (χ3n) is 3.08. The summed E-state index contributed by atoms with van der Waals surface area (Å²) in [5.74, 6) is -0.0132. The molecule has 2 rings (SSSR count). The van der Waals surface area contributed by atoms with E-state index >= 15 is 0 Å². The van der Waals surface area contributed by atoms with Gasteiger partial charge in [0, 0.05) is 25.9 Å². The molecule has 0 unspecified atom stereocenters. The molecule has 1 aromatic carbocycles. The summed E-state index contributed by atoms with van der Waals surface area (Å²) in [7, 11) is 1.65. The summed E-state index contributed by atoms with van der Waals surface area (Å²) in [5.41, 5.74) is 1.94. The molecule has 0 aliphatic rings. The highest BCUT2D eigenvalue weighted by molar-refractivity contribution is 6.34. The molecule has 0 saturated heterocycles. The van der Waals surface area contributed by atoms with E-state index in [0.29, 0.717) is 24.8 Å². The van der Waals surface area contributed by atoms with Crippen LogP contribution >= 0.6 is 11.6 Å². The Morgan fingerprint density at radius 2 is 2.04 bits per heavy atom. The van der Waals surface area contributed by atoms with E-state index in [1.54, 1.807) is 7.11 Å². The molecule has 0 fully saturated rings. The van der Waals surface area contributed by atoms with Crippen LogP contribution in [0.2, 0.25) is 5.02 Å². The number of benzene rings is 1. The van der Waals surface area contributed by atoms with Crippen molar-refractivity contribution in [2.45, 2.75) is 13.3 Å². The number of aryl methyl sites for hydroxylation is 1. The van der Waals surface area contributed by atoms with Gasteiger partial charge < -0.3 is 15.4 Å². The molecule has 0 radical (unpaired) electrons. The predicted octanol–water partition coefficient (Wildman–Crippen LogP) is 3.14. The number of anilines is 2. The average Bonchev–Trinajstić information content (AvgIpc) is 2.55. The number of methoxy groups -OCH3 is 1. The van der Waals surface area contributed by atoms with Gasteiger partial charge in [-0.15, -0.1) is 0 Å². The fourth-order valence-electron chi connectivity index (χ4n) is 1.86. The topological polar surface area (TPSA) is 76.1 Å². The number of nitrogens with zero attached hydrogens (tertiary/aromatic N) is 2. The first-order valence-electron chi connectivity index (χ1n) is 7.23. The Morgan fingerprint density at radius 3 is 2.74 bits per heavy atom. The normalized spacial score (nSPS) is 10.4. The van der Waals surface area contributed by atoms with Crippen LogP contribution < -0.4 is 10.6 Å². The number of nitrogens with one attached hydrogen (secondary N) is 2. The van der Waals surface area contributed by atoms with Crippen molar-refractivity contribution in [2.75, 3.05) is 30.9 Å². The van der Waals surface area contributed by atoms with Crippen LogP contribution in [0, 0.1) is 6.92 Å². The molecular formula is C16H19ClN4O2. The largest absolute Gasteiger partial charge is 0.385 e. The number of ether oxygens (including phenoxy) is 1. The van der Waals surface area contributed by atoms with Gasteiger partial charge in [0.05, 0.1) is 11.2 Å². The second-order valence-electron chi connectivity index (χ2n) is 4.98. The van der Waals surface area contributed by atoms with Gasteiger partial charge in [0.15, 0.2) is 5.69 Å². The summed E-state index contributed by atoms with van der Waals surface area (Å²) >= 11 is 6.03. The summed E-state index contributed by atoms with van der Waals surface area (Å²) in [6.45, 7) is 3.27. The molecule has 1 amide bonds. The van der Waals surface area contributed by atoms with E-state index in [1.807, 2.05) is 31.2 Å². The van der Waals surface area contributed by atoms with E-state index in [-0.39, 0.29) is 16.6 Å². The quantitative estimate of drug-likeness (QED) is 0.761. The van der Waals surface area contributed by atoms with E-state index in [1.165, 1.54) is 6.20 Å². The average molecular weight is 335 g/mol. The van der Waals surface area contributed by atoms with Gasteiger partial charge in [-0.2, -0.15) is 0 Å². The highest BCUT2D eigenvalue weighted by atomic mass is 35.5. The maximum atomic E-state index is 12.3. The summed E-state index contributed by atoms with van der Waals surface area (Å²) in [5, 5.41) is 6.01. The van der Waals surface area contributed by atoms with Crippen LogP contribution in [0.5, 0.6) is 0 Å². The van der Waals surface area contributed by atoms with Crippen LogP contribution in [0.25, 0.3) is 0 Å². The third-order valence-corrected chi connectivity index (χ3v) is 3.35. The number of hydrogen-bond acceptors (Lipinski definition) is 5. The molecule has 23 heavy (non-hydrogen) atoms.